The molecule has 58 valence electrons. The van der Waals surface area contributed by atoms with Crippen LogP contribution in [0.4, 0.5) is 0 Å². The number of nitrogens with zero attached hydrogens (tertiary/aromatic N) is 1. The van der Waals surface area contributed by atoms with Gasteiger partial charge in [0.05, 0.1) is 0 Å². The Balaban J connectivity index is 0.000000500. The van der Waals surface area contributed by atoms with Crippen LogP contribution in [0.15, 0.2) is 4.99 Å². The van der Waals surface area contributed by atoms with Gasteiger partial charge in [0.1, 0.15) is 0 Å². The van der Waals surface area contributed by atoms with E-state index in [2.05, 4.69) is 10.3 Å². The summed E-state index contributed by atoms with van der Waals surface area (Å²) in [6.07, 6.45) is 3.74. The van der Waals surface area contributed by atoms with Crippen molar-refractivity contribution in [2.24, 2.45) is 10.7 Å². The van der Waals surface area contributed by atoms with Gasteiger partial charge in [0.15, 0.2) is 5.96 Å². The van der Waals surface area contributed by atoms with Crippen molar-refractivity contribution < 1.29 is 0 Å². The van der Waals surface area contributed by atoms with Gasteiger partial charge in [-0.15, -0.1) is 17.0 Å². The number of rotatable bonds is 0. The molecule has 2 aliphatic rings. The number of halogens is 1. The predicted molar refractivity (Wildman–Crippen MR) is 46.5 cm³/mol. The van der Waals surface area contributed by atoms with Gasteiger partial charge in [0.25, 0.3) is 0 Å². The zero-order valence-corrected chi connectivity index (χ0v) is 7.47. The van der Waals surface area contributed by atoms with Crippen LogP contribution in [0.1, 0.15) is 19.3 Å². The summed E-state index contributed by atoms with van der Waals surface area (Å²) in [5.41, 5.74) is 5.88. The average Bonchev–Trinajstić information content (AvgIpc) is 2.49. The number of guanidine groups is 1. The van der Waals surface area contributed by atoms with E-state index < -0.39 is 0 Å². The van der Waals surface area contributed by atoms with E-state index in [0.29, 0.717) is 11.5 Å². The predicted octanol–water partition coefficient (Wildman–Crippen LogP) is 0.405. The van der Waals surface area contributed by atoms with Crippen LogP contribution in [0.5, 0.6) is 0 Å². The zero-order valence-electron chi connectivity index (χ0n) is 5.76. The van der Waals surface area contributed by atoms with E-state index in [9.17, 15) is 0 Å². The van der Waals surface area contributed by atoms with Crippen LogP contribution in [0, 0.1) is 0 Å². The second-order valence-corrected chi connectivity index (χ2v) is 2.92. The van der Waals surface area contributed by atoms with Crippen molar-refractivity contribution in [2.75, 3.05) is 6.54 Å². The number of aliphatic imine (C=N–C) groups is 1. The SMILES string of the molecule is Br.NC1=NCCC2(CC2)N1. The first-order valence-corrected chi connectivity index (χ1v) is 3.39. The maximum absolute atomic E-state index is 5.49. The van der Waals surface area contributed by atoms with Crippen LogP contribution in [0.25, 0.3) is 0 Å². The van der Waals surface area contributed by atoms with E-state index >= 15 is 0 Å². The molecule has 0 aromatic heterocycles. The summed E-state index contributed by atoms with van der Waals surface area (Å²) in [4.78, 5) is 4.05. The fraction of sp³-hybridized carbons (Fsp3) is 0.833. The quantitative estimate of drug-likeness (QED) is 0.602. The normalized spacial score (nSPS) is 26.2. The lowest BCUT2D eigenvalue weighted by molar-refractivity contribution is 0.529. The first-order chi connectivity index (χ1) is 4.31. The highest BCUT2D eigenvalue weighted by atomic mass is 79.9. The van der Waals surface area contributed by atoms with Gasteiger partial charge in [-0.05, 0) is 19.3 Å². The fourth-order valence-corrected chi connectivity index (χ4v) is 1.29. The topological polar surface area (TPSA) is 50.4 Å². The van der Waals surface area contributed by atoms with Crippen LogP contribution in [-0.2, 0) is 0 Å². The van der Waals surface area contributed by atoms with Crippen LogP contribution in [-0.4, -0.2) is 18.0 Å². The highest BCUT2D eigenvalue weighted by Gasteiger charge is 2.43. The third-order valence-corrected chi connectivity index (χ3v) is 2.12. The highest BCUT2D eigenvalue weighted by Crippen LogP contribution is 2.39. The maximum Gasteiger partial charge on any atom is 0.189 e. The summed E-state index contributed by atoms with van der Waals surface area (Å²) in [5, 5.41) is 3.19. The molecule has 2 rings (SSSR count). The number of hydrogen-bond donors (Lipinski definition) is 2. The van der Waals surface area contributed by atoms with Crippen molar-refractivity contribution in [3.05, 3.63) is 0 Å². The standard InChI is InChI=1S/C6H11N3.BrH/c7-5-8-4-3-6(9-5)1-2-6;/h1-4H2,(H3,7,8,9);1H. The van der Waals surface area contributed by atoms with Gasteiger partial charge < -0.3 is 11.1 Å². The van der Waals surface area contributed by atoms with Crippen LogP contribution in [0.2, 0.25) is 0 Å². The Morgan fingerprint density at radius 1 is 1.40 bits per heavy atom. The minimum Gasteiger partial charge on any atom is -0.370 e. The van der Waals surface area contributed by atoms with Crippen molar-refractivity contribution in [3.63, 3.8) is 0 Å². The number of nitrogens with two attached hydrogens (primary N) is 1. The average molecular weight is 206 g/mol. The molecule has 3 nitrogen and oxygen atoms in total. The Bertz CT molecular complexity index is 162. The van der Waals surface area contributed by atoms with Crippen LogP contribution >= 0.6 is 17.0 Å². The Hall–Kier alpha value is -0.250. The molecule has 1 aliphatic heterocycles. The molecule has 1 fully saturated rings. The van der Waals surface area contributed by atoms with E-state index in [-0.39, 0.29) is 17.0 Å². The second kappa shape index (κ2) is 2.42. The summed E-state index contributed by atoms with van der Waals surface area (Å²) in [6.45, 7) is 0.916. The minimum atomic E-state index is 0. The number of hydrogen-bond acceptors (Lipinski definition) is 3. The lowest BCUT2D eigenvalue weighted by atomic mass is 10.1. The molecule has 0 unspecified atom stereocenters. The first kappa shape index (κ1) is 7.85. The number of nitrogens with one attached hydrogen (secondary N) is 1. The molecule has 10 heavy (non-hydrogen) atoms. The molecule has 0 atom stereocenters. The summed E-state index contributed by atoms with van der Waals surface area (Å²) in [6, 6.07) is 0. The highest BCUT2D eigenvalue weighted by molar-refractivity contribution is 8.93. The van der Waals surface area contributed by atoms with E-state index in [1.165, 1.54) is 19.3 Å². The van der Waals surface area contributed by atoms with Gasteiger partial charge in [0, 0.05) is 12.1 Å². The van der Waals surface area contributed by atoms with E-state index in [0.717, 1.165) is 6.54 Å². The van der Waals surface area contributed by atoms with Crippen LogP contribution in [0.3, 0.4) is 0 Å². The van der Waals surface area contributed by atoms with Gasteiger partial charge >= 0.3 is 0 Å². The molecule has 0 bridgehead atoms. The molecule has 1 heterocycles. The zero-order chi connectivity index (χ0) is 6.32. The van der Waals surface area contributed by atoms with Crippen molar-refractivity contribution in [2.45, 2.75) is 24.8 Å². The van der Waals surface area contributed by atoms with E-state index in [4.69, 9.17) is 5.73 Å². The summed E-state index contributed by atoms with van der Waals surface area (Å²) >= 11 is 0. The third kappa shape index (κ3) is 1.26. The monoisotopic (exact) mass is 205 g/mol. The third-order valence-electron chi connectivity index (χ3n) is 2.12. The maximum atomic E-state index is 5.49. The van der Waals surface area contributed by atoms with E-state index in [1.807, 2.05) is 0 Å². The van der Waals surface area contributed by atoms with Gasteiger partial charge in [-0.25, -0.2) is 0 Å². The molecule has 0 saturated heterocycles. The molecule has 4 heteroatoms. The Labute approximate surface area is 70.9 Å². The largest absolute Gasteiger partial charge is 0.370 e. The van der Waals surface area contributed by atoms with Gasteiger partial charge in [-0.3, -0.25) is 4.99 Å². The van der Waals surface area contributed by atoms with Gasteiger partial charge in [-0.2, -0.15) is 0 Å². The molecule has 1 saturated carbocycles. The molecule has 1 spiro atoms. The lowest BCUT2D eigenvalue weighted by Gasteiger charge is -2.21. The summed E-state index contributed by atoms with van der Waals surface area (Å²) in [7, 11) is 0. The second-order valence-electron chi connectivity index (χ2n) is 2.92. The molecule has 1 aliphatic carbocycles. The Morgan fingerprint density at radius 2 is 2.10 bits per heavy atom. The van der Waals surface area contributed by atoms with Crippen molar-refractivity contribution in [3.8, 4) is 0 Å². The van der Waals surface area contributed by atoms with Crippen molar-refractivity contribution in [1.29, 1.82) is 0 Å². The molecule has 0 radical (unpaired) electrons. The fourth-order valence-electron chi connectivity index (χ4n) is 1.29. The van der Waals surface area contributed by atoms with Crippen molar-refractivity contribution >= 4 is 22.9 Å². The first-order valence-electron chi connectivity index (χ1n) is 3.39. The van der Waals surface area contributed by atoms with Gasteiger partial charge in [0.2, 0.25) is 0 Å². The Morgan fingerprint density at radius 3 is 2.50 bits per heavy atom. The minimum absolute atomic E-state index is 0. The molecular weight excluding hydrogens is 194 g/mol. The molecule has 3 N–H and O–H groups in total. The lowest BCUT2D eigenvalue weighted by Crippen LogP contribution is -2.45. The molecule has 0 aromatic carbocycles. The molecular formula is C6H12BrN3. The summed E-state index contributed by atoms with van der Waals surface area (Å²) < 4.78 is 0. The van der Waals surface area contributed by atoms with Gasteiger partial charge in [-0.1, -0.05) is 0 Å². The van der Waals surface area contributed by atoms with Crippen molar-refractivity contribution in [1.82, 2.24) is 5.32 Å². The molecule has 0 aromatic rings. The van der Waals surface area contributed by atoms with E-state index in [1.54, 1.807) is 0 Å². The molecule has 0 amide bonds. The smallest absolute Gasteiger partial charge is 0.189 e. The Kier molecular flexibility index (Phi) is 1.90. The summed E-state index contributed by atoms with van der Waals surface area (Å²) in [5.74, 6) is 0.638. The van der Waals surface area contributed by atoms with Crippen LogP contribution < -0.4 is 11.1 Å².